The van der Waals surface area contributed by atoms with Crippen molar-refractivity contribution in [3.63, 3.8) is 0 Å². The lowest BCUT2D eigenvalue weighted by molar-refractivity contribution is 0.409. The van der Waals surface area contributed by atoms with Gasteiger partial charge in [-0.3, -0.25) is 5.32 Å². The monoisotopic (exact) mass is 731 g/mol. The van der Waals surface area contributed by atoms with Crippen LogP contribution in [0.3, 0.4) is 0 Å². The molecule has 0 radical (unpaired) electrons. The standard InChI is InChI=1S/C53H37N3O/c1-3-10-34(11-4-1)36-18-20-37(21-19-36)41-28-29-48-47(33-41)50-46(16-9-17-49(50)57-48)42-25-22-38-24-27-44(32-45(38)31-42)53-55-51(39-13-5-2-6-14-39)54-52(56-53)43-26-23-35-12-7-8-15-40(35)30-43/h1-33,51,53,55H,(H,54,56). The van der Waals surface area contributed by atoms with Crippen molar-refractivity contribution in [2.24, 2.45) is 4.99 Å². The van der Waals surface area contributed by atoms with Gasteiger partial charge in [0.2, 0.25) is 0 Å². The summed E-state index contributed by atoms with van der Waals surface area (Å²) in [7, 11) is 0. The Bertz CT molecular complexity index is 3130. The molecular formula is C53H37N3O. The zero-order valence-electron chi connectivity index (χ0n) is 31.1. The second-order valence-electron chi connectivity index (χ2n) is 14.9. The van der Waals surface area contributed by atoms with Crippen LogP contribution in [0.2, 0.25) is 0 Å². The highest BCUT2D eigenvalue weighted by atomic mass is 16.3. The van der Waals surface area contributed by atoms with Gasteiger partial charge in [0.15, 0.2) is 0 Å². The summed E-state index contributed by atoms with van der Waals surface area (Å²) in [6.07, 6.45) is -0.372. The molecule has 10 aromatic rings. The number of benzene rings is 9. The summed E-state index contributed by atoms with van der Waals surface area (Å²) in [4.78, 5) is 5.30. The van der Waals surface area contributed by atoms with E-state index in [4.69, 9.17) is 9.41 Å². The predicted octanol–water partition coefficient (Wildman–Crippen LogP) is 13.2. The average molecular weight is 732 g/mol. The number of rotatable bonds is 6. The normalized spacial score (nSPS) is 15.5. The number of hydrogen-bond acceptors (Lipinski definition) is 4. The summed E-state index contributed by atoms with van der Waals surface area (Å²) in [6.45, 7) is 0. The van der Waals surface area contributed by atoms with Crippen molar-refractivity contribution in [1.82, 2.24) is 10.6 Å². The second kappa shape index (κ2) is 13.8. The van der Waals surface area contributed by atoms with E-state index in [0.717, 1.165) is 66.5 Å². The molecule has 2 N–H and O–H groups in total. The average Bonchev–Trinajstić information content (AvgIpc) is 3.67. The number of nitrogens with zero attached hydrogens (tertiary/aromatic N) is 1. The molecule has 9 aromatic carbocycles. The summed E-state index contributed by atoms with van der Waals surface area (Å²) in [6, 6.07) is 71.3. The fourth-order valence-electron chi connectivity index (χ4n) is 8.37. The molecule has 2 atom stereocenters. The van der Waals surface area contributed by atoms with E-state index in [-0.39, 0.29) is 12.3 Å². The van der Waals surface area contributed by atoms with Crippen LogP contribution < -0.4 is 10.6 Å². The van der Waals surface area contributed by atoms with Gasteiger partial charge in [0, 0.05) is 16.3 Å². The van der Waals surface area contributed by atoms with Crippen LogP contribution in [-0.4, -0.2) is 5.84 Å². The molecule has 0 fully saturated rings. The van der Waals surface area contributed by atoms with Crippen molar-refractivity contribution in [2.45, 2.75) is 12.3 Å². The number of amidine groups is 1. The van der Waals surface area contributed by atoms with E-state index >= 15 is 0 Å². The number of fused-ring (bicyclic) bond motifs is 5. The first-order valence-corrected chi connectivity index (χ1v) is 19.5. The molecule has 1 aliphatic rings. The van der Waals surface area contributed by atoms with E-state index in [1.807, 2.05) is 0 Å². The smallest absolute Gasteiger partial charge is 0.136 e. The Balaban J connectivity index is 0.974. The van der Waals surface area contributed by atoms with Gasteiger partial charge in [-0.2, -0.15) is 0 Å². The second-order valence-corrected chi connectivity index (χ2v) is 14.9. The first-order valence-electron chi connectivity index (χ1n) is 19.5. The lowest BCUT2D eigenvalue weighted by Gasteiger charge is -2.32. The van der Waals surface area contributed by atoms with Crippen molar-refractivity contribution in [1.29, 1.82) is 0 Å². The summed E-state index contributed by atoms with van der Waals surface area (Å²) in [5.41, 5.74) is 12.2. The summed E-state index contributed by atoms with van der Waals surface area (Å²) >= 11 is 0. The van der Waals surface area contributed by atoms with Gasteiger partial charge in [-0.15, -0.1) is 0 Å². The van der Waals surface area contributed by atoms with E-state index in [2.05, 4.69) is 211 Å². The Labute approximate surface area is 330 Å². The summed E-state index contributed by atoms with van der Waals surface area (Å²) in [5.74, 6) is 0.872. The summed E-state index contributed by atoms with van der Waals surface area (Å²) in [5, 5.41) is 14.5. The van der Waals surface area contributed by atoms with E-state index < -0.39 is 0 Å². The highest BCUT2D eigenvalue weighted by molar-refractivity contribution is 6.14. The number of furan rings is 1. The summed E-state index contributed by atoms with van der Waals surface area (Å²) < 4.78 is 6.46. The number of aliphatic imine (C=N–C) groups is 1. The zero-order valence-corrected chi connectivity index (χ0v) is 31.1. The fraction of sp³-hybridized carbons (Fsp3) is 0.0377. The van der Waals surface area contributed by atoms with Crippen LogP contribution in [-0.2, 0) is 0 Å². The molecule has 0 bridgehead atoms. The molecular weight excluding hydrogens is 695 g/mol. The molecule has 1 aliphatic heterocycles. The minimum atomic E-state index is -0.257. The molecule has 270 valence electrons. The molecule has 0 aliphatic carbocycles. The molecule has 1 aromatic heterocycles. The van der Waals surface area contributed by atoms with Gasteiger partial charge in [0.25, 0.3) is 0 Å². The molecule has 0 saturated carbocycles. The van der Waals surface area contributed by atoms with Gasteiger partial charge in [0.05, 0.1) is 0 Å². The Kier molecular flexibility index (Phi) is 8.01. The Morgan fingerprint density at radius 1 is 0.404 bits per heavy atom. The third kappa shape index (κ3) is 6.13. The van der Waals surface area contributed by atoms with Crippen LogP contribution >= 0.6 is 0 Å². The predicted molar refractivity (Wildman–Crippen MR) is 236 cm³/mol. The van der Waals surface area contributed by atoms with Crippen LogP contribution in [0.1, 0.15) is 29.0 Å². The van der Waals surface area contributed by atoms with Crippen molar-refractivity contribution >= 4 is 49.3 Å². The number of nitrogens with one attached hydrogen (secondary N) is 2. The molecule has 2 heterocycles. The minimum Gasteiger partial charge on any atom is -0.456 e. The van der Waals surface area contributed by atoms with Gasteiger partial charge < -0.3 is 9.73 Å². The Hall–Kier alpha value is -7.27. The Morgan fingerprint density at radius 3 is 1.86 bits per heavy atom. The van der Waals surface area contributed by atoms with Crippen molar-refractivity contribution in [3.8, 4) is 33.4 Å². The minimum absolute atomic E-state index is 0.115. The highest BCUT2D eigenvalue weighted by Gasteiger charge is 2.26. The lowest BCUT2D eigenvalue weighted by atomic mass is 9.94. The maximum atomic E-state index is 6.46. The van der Waals surface area contributed by atoms with E-state index in [9.17, 15) is 0 Å². The van der Waals surface area contributed by atoms with Crippen LogP contribution in [0.15, 0.2) is 210 Å². The molecule has 0 amide bonds. The zero-order chi connectivity index (χ0) is 37.7. The van der Waals surface area contributed by atoms with Crippen molar-refractivity contribution < 1.29 is 4.42 Å². The van der Waals surface area contributed by atoms with Crippen molar-refractivity contribution in [2.75, 3.05) is 0 Å². The van der Waals surface area contributed by atoms with Crippen LogP contribution in [0.4, 0.5) is 0 Å². The number of hydrogen-bond donors (Lipinski definition) is 2. The van der Waals surface area contributed by atoms with E-state index in [1.165, 1.54) is 32.8 Å². The maximum Gasteiger partial charge on any atom is 0.136 e. The van der Waals surface area contributed by atoms with Gasteiger partial charge in [-0.05, 0) is 102 Å². The highest BCUT2D eigenvalue weighted by Crippen LogP contribution is 2.40. The van der Waals surface area contributed by atoms with Crippen molar-refractivity contribution in [3.05, 3.63) is 217 Å². The molecule has 11 rings (SSSR count). The topological polar surface area (TPSA) is 49.6 Å². The molecule has 0 saturated heterocycles. The first-order chi connectivity index (χ1) is 28.2. The Morgan fingerprint density at radius 2 is 1.04 bits per heavy atom. The van der Waals surface area contributed by atoms with Gasteiger partial charge >= 0.3 is 0 Å². The first kappa shape index (κ1) is 33.1. The fourth-order valence-corrected chi connectivity index (χ4v) is 8.37. The van der Waals surface area contributed by atoms with Gasteiger partial charge in [-0.25, -0.2) is 4.99 Å². The molecule has 57 heavy (non-hydrogen) atoms. The van der Waals surface area contributed by atoms with E-state index in [0.29, 0.717) is 0 Å². The quantitative estimate of drug-likeness (QED) is 0.179. The molecule has 2 unspecified atom stereocenters. The molecule has 4 heteroatoms. The van der Waals surface area contributed by atoms with E-state index in [1.54, 1.807) is 0 Å². The molecule has 0 spiro atoms. The largest absolute Gasteiger partial charge is 0.456 e. The third-order valence-electron chi connectivity index (χ3n) is 11.3. The lowest BCUT2D eigenvalue weighted by Crippen LogP contribution is -2.44. The van der Waals surface area contributed by atoms with Gasteiger partial charge in [-0.1, -0.05) is 164 Å². The SMILES string of the molecule is c1ccc(-c2ccc(-c3ccc4oc5cccc(-c6ccc7ccc(C8N=C(c9ccc%10ccccc%10c9)NC(c9ccccc9)N8)cc7c6)c5c4c3)cc2)cc1. The third-order valence-corrected chi connectivity index (χ3v) is 11.3. The van der Waals surface area contributed by atoms with Gasteiger partial charge in [0.1, 0.15) is 29.3 Å². The van der Waals surface area contributed by atoms with Crippen LogP contribution in [0.5, 0.6) is 0 Å². The maximum absolute atomic E-state index is 6.46. The van der Waals surface area contributed by atoms with Crippen LogP contribution in [0, 0.1) is 0 Å². The molecule has 4 nitrogen and oxygen atoms in total. The van der Waals surface area contributed by atoms with Crippen LogP contribution in [0.25, 0.3) is 76.9 Å².